The van der Waals surface area contributed by atoms with Gasteiger partial charge in [0.2, 0.25) is 5.82 Å². The average molecular weight is 339 g/mol. The standard InChI is InChI=1S/C14H19BrN4O/c1-3-5-6-13(20)11-8-7-10(15)9-12(11)14-16-18-19(4-2)17-14/h7-9,13,20H,3-6H2,1-2H3. The van der Waals surface area contributed by atoms with Crippen LogP contribution < -0.4 is 0 Å². The lowest BCUT2D eigenvalue weighted by Crippen LogP contribution is -2.02. The van der Waals surface area contributed by atoms with Crippen LogP contribution in [0.25, 0.3) is 11.4 Å². The first kappa shape index (κ1) is 15.1. The Bertz CT molecular complexity index is 570. The zero-order chi connectivity index (χ0) is 14.5. The van der Waals surface area contributed by atoms with Crippen LogP contribution in [-0.4, -0.2) is 25.3 Å². The van der Waals surface area contributed by atoms with E-state index >= 15 is 0 Å². The van der Waals surface area contributed by atoms with Crippen molar-refractivity contribution < 1.29 is 5.11 Å². The molecule has 1 heterocycles. The van der Waals surface area contributed by atoms with E-state index < -0.39 is 6.10 Å². The molecule has 5 nitrogen and oxygen atoms in total. The third-order valence-electron chi connectivity index (χ3n) is 3.18. The number of benzene rings is 1. The van der Waals surface area contributed by atoms with Crippen molar-refractivity contribution >= 4 is 15.9 Å². The van der Waals surface area contributed by atoms with Crippen molar-refractivity contribution in [2.45, 2.75) is 45.8 Å². The van der Waals surface area contributed by atoms with Crippen molar-refractivity contribution in [2.75, 3.05) is 0 Å². The number of aryl methyl sites for hydroxylation is 1. The maximum Gasteiger partial charge on any atom is 0.205 e. The topological polar surface area (TPSA) is 63.8 Å². The smallest absolute Gasteiger partial charge is 0.205 e. The molecule has 2 rings (SSSR count). The Labute approximate surface area is 127 Å². The van der Waals surface area contributed by atoms with Crippen LogP contribution in [0.2, 0.25) is 0 Å². The predicted molar refractivity (Wildman–Crippen MR) is 81.1 cm³/mol. The second kappa shape index (κ2) is 6.95. The van der Waals surface area contributed by atoms with E-state index in [1.165, 1.54) is 0 Å². The van der Waals surface area contributed by atoms with E-state index in [0.29, 0.717) is 12.4 Å². The van der Waals surface area contributed by atoms with E-state index in [9.17, 15) is 5.11 Å². The second-order valence-electron chi connectivity index (χ2n) is 4.69. The molecule has 0 fully saturated rings. The van der Waals surface area contributed by atoms with Crippen LogP contribution in [0.1, 0.15) is 44.8 Å². The summed E-state index contributed by atoms with van der Waals surface area (Å²) in [6, 6.07) is 5.78. The molecule has 0 spiro atoms. The number of tetrazole rings is 1. The third kappa shape index (κ3) is 3.43. The number of nitrogens with zero attached hydrogens (tertiary/aromatic N) is 4. The molecule has 0 aliphatic carbocycles. The van der Waals surface area contributed by atoms with E-state index in [2.05, 4.69) is 38.3 Å². The summed E-state index contributed by atoms with van der Waals surface area (Å²) in [5, 5.41) is 22.7. The van der Waals surface area contributed by atoms with Crippen LogP contribution in [0.15, 0.2) is 22.7 Å². The fourth-order valence-electron chi connectivity index (χ4n) is 2.05. The van der Waals surface area contributed by atoms with E-state index in [1.54, 1.807) is 4.80 Å². The molecule has 1 atom stereocenters. The molecule has 0 aliphatic rings. The summed E-state index contributed by atoms with van der Waals surface area (Å²) in [5.74, 6) is 0.554. The van der Waals surface area contributed by atoms with E-state index in [-0.39, 0.29) is 0 Å². The molecule has 0 saturated carbocycles. The van der Waals surface area contributed by atoms with E-state index in [1.807, 2.05) is 25.1 Å². The lowest BCUT2D eigenvalue weighted by molar-refractivity contribution is 0.165. The summed E-state index contributed by atoms with van der Waals surface area (Å²) in [4.78, 5) is 1.54. The molecule has 108 valence electrons. The van der Waals surface area contributed by atoms with Crippen LogP contribution >= 0.6 is 15.9 Å². The minimum absolute atomic E-state index is 0.494. The molecular weight excluding hydrogens is 320 g/mol. The number of aliphatic hydroxyl groups is 1. The van der Waals surface area contributed by atoms with Gasteiger partial charge in [0.05, 0.1) is 12.6 Å². The van der Waals surface area contributed by atoms with Gasteiger partial charge >= 0.3 is 0 Å². The zero-order valence-electron chi connectivity index (χ0n) is 11.8. The lowest BCUT2D eigenvalue weighted by Gasteiger charge is -2.14. The highest BCUT2D eigenvalue weighted by Gasteiger charge is 2.17. The van der Waals surface area contributed by atoms with Gasteiger partial charge in [-0.15, -0.1) is 10.2 Å². The van der Waals surface area contributed by atoms with Crippen molar-refractivity contribution in [1.29, 1.82) is 0 Å². The highest BCUT2D eigenvalue weighted by molar-refractivity contribution is 9.10. The number of aromatic nitrogens is 4. The Balaban J connectivity index is 2.37. The highest BCUT2D eigenvalue weighted by Crippen LogP contribution is 2.31. The molecule has 0 bridgehead atoms. The van der Waals surface area contributed by atoms with E-state index in [4.69, 9.17) is 0 Å². The first-order chi connectivity index (χ1) is 9.65. The third-order valence-corrected chi connectivity index (χ3v) is 3.68. The largest absolute Gasteiger partial charge is 0.388 e. The van der Waals surface area contributed by atoms with Crippen molar-refractivity contribution in [3.05, 3.63) is 28.2 Å². The van der Waals surface area contributed by atoms with Gasteiger partial charge in [-0.3, -0.25) is 0 Å². The molecule has 2 aromatic rings. The van der Waals surface area contributed by atoms with Crippen molar-refractivity contribution in [2.24, 2.45) is 0 Å². The van der Waals surface area contributed by atoms with Crippen LogP contribution in [0.3, 0.4) is 0 Å². The maximum absolute atomic E-state index is 10.4. The van der Waals surface area contributed by atoms with Crippen molar-refractivity contribution in [3.8, 4) is 11.4 Å². The number of halogens is 1. The Kier molecular flexibility index (Phi) is 5.25. The number of unbranched alkanes of at least 4 members (excludes halogenated alkanes) is 1. The van der Waals surface area contributed by atoms with Gasteiger partial charge in [-0.25, -0.2) is 0 Å². The Morgan fingerprint density at radius 1 is 1.35 bits per heavy atom. The Morgan fingerprint density at radius 3 is 2.80 bits per heavy atom. The van der Waals surface area contributed by atoms with Gasteiger partial charge in [0, 0.05) is 10.0 Å². The molecular formula is C14H19BrN4O. The summed E-state index contributed by atoms with van der Waals surface area (Å²) in [5.41, 5.74) is 1.69. The quantitative estimate of drug-likeness (QED) is 0.877. The molecule has 1 N–H and O–H groups in total. The molecule has 1 aromatic heterocycles. The summed E-state index contributed by atoms with van der Waals surface area (Å²) in [7, 11) is 0. The minimum atomic E-state index is -0.494. The fourth-order valence-corrected chi connectivity index (χ4v) is 2.41. The molecule has 0 amide bonds. The second-order valence-corrected chi connectivity index (χ2v) is 5.61. The Morgan fingerprint density at radius 2 is 2.15 bits per heavy atom. The van der Waals surface area contributed by atoms with Gasteiger partial charge in [0.15, 0.2) is 0 Å². The van der Waals surface area contributed by atoms with Gasteiger partial charge in [-0.05, 0) is 36.3 Å². The van der Waals surface area contributed by atoms with Gasteiger partial charge in [0.1, 0.15) is 0 Å². The molecule has 0 radical (unpaired) electrons. The summed E-state index contributed by atoms with van der Waals surface area (Å²) < 4.78 is 0.937. The lowest BCUT2D eigenvalue weighted by atomic mass is 9.98. The van der Waals surface area contributed by atoms with Crippen LogP contribution in [0.4, 0.5) is 0 Å². The molecule has 6 heteroatoms. The van der Waals surface area contributed by atoms with Crippen molar-refractivity contribution in [1.82, 2.24) is 20.2 Å². The first-order valence-electron chi connectivity index (χ1n) is 6.91. The van der Waals surface area contributed by atoms with Gasteiger partial charge in [0.25, 0.3) is 0 Å². The monoisotopic (exact) mass is 338 g/mol. The van der Waals surface area contributed by atoms with Crippen LogP contribution in [0, 0.1) is 0 Å². The molecule has 1 unspecified atom stereocenters. The average Bonchev–Trinajstić information content (AvgIpc) is 2.93. The number of hydrogen-bond acceptors (Lipinski definition) is 4. The molecule has 0 aliphatic heterocycles. The zero-order valence-corrected chi connectivity index (χ0v) is 13.3. The maximum atomic E-state index is 10.4. The highest BCUT2D eigenvalue weighted by atomic mass is 79.9. The number of hydrogen-bond donors (Lipinski definition) is 1. The number of rotatable bonds is 6. The van der Waals surface area contributed by atoms with Gasteiger partial charge in [-0.2, -0.15) is 4.80 Å². The summed E-state index contributed by atoms with van der Waals surface area (Å²) in [6.07, 6.45) is 2.30. The SMILES string of the molecule is CCCCC(O)c1ccc(Br)cc1-c1nnn(CC)n1. The predicted octanol–water partition coefficient (Wildman–Crippen LogP) is 3.35. The van der Waals surface area contributed by atoms with Gasteiger partial charge in [-0.1, -0.05) is 41.8 Å². The Hall–Kier alpha value is -1.27. The molecule has 1 aromatic carbocycles. The summed E-state index contributed by atoms with van der Waals surface area (Å²) in [6.45, 7) is 4.75. The minimum Gasteiger partial charge on any atom is -0.388 e. The molecule has 0 saturated heterocycles. The molecule has 20 heavy (non-hydrogen) atoms. The van der Waals surface area contributed by atoms with Crippen LogP contribution in [0.5, 0.6) is 0 Å². The summed E-state index contributed by atoms with van der Waals surface area (Å²) >= 11 is 3.45. The fraction of sp³-hybridized carbons (Fsp3) is 0.500. The van der Waals surface area contributed by atoms with E-state index in [0.717, 1.165) is 34.9 Å². The number of aliphatic hydroxyl groups excluding tert-OH is 1. The van der Waals surface area contributed by atoms with Crippen LogP contribution in [-0.2, 0) is 6.54 Å². The first-order valence-corrected chi connectivity index (χ1v) is 7.70. The van der Waals surface area contributed by atoms with Crippen molar-refractivity contribution in [3.63, 3.8) is 0 Å². The van der Waals surface area contributed by atoms with Gasteiger partial charge < -0.3 is 5.11 Å². The normalized spacial score (nSPS) is 12.6.